The summed E-state index contributed by atoms with van der Waals surface area (Å²) in [6.07, 6.45) is 2.34. The van der Waals surface area contributed by atoms with Crippen molar-refractivity contribution < 1.29 is 4.79 Å². The lowest BCUT2D eigenvalue weighted by Gasteiger charge is -2.31. The summed E-state index contributed by atoms with van der Waals surface area (Å²) >= 11 is 0. The summed E-state index contributed by atoms with van der Waals surface area (Å²) in [6, 6.07) is 5.52. The third-order valence-corrected chi connectivity index (χ3v) is 3.46. The van der Waals surface area contributed by atoms with Crippen LogP contribution in [0.25, 0.3) is 0 Å². The van der Waals surface area contributed by atoms with Gasteiger partial charge in [0.1, 0.15) is 0 Å². The zero-order valence-corrected chi connectivity index (χ0v) is 10.6. The van der Waals surface area contributed by atoms with Gasteiger partial charge in [-0.2, -0.15) is 0 Å². The first-order chi connectivity index (χ1) is 8.08. The molecule has 1 fully saturated rings. The van der Waals surface area contributed by atoms with Crippen LogP contribution in [-0.2, 0) is 0 Å². The number of rotatable bonds is 1. The second kappa shape index (κ2) is 4.78. The van der Waals surface area contributed by atoms with Crippen molar-refractivity contribution >= 4 is 11.6 Å². The number of hydrogen-bond acceptors (Lipinski definition) is 2. The van der Waals surface area contributed by atoms with Gasteiger partial charge in [0.05, 0.1) is 0 Å². The number of carbonyl (C=O) groups is 1. The highest BCUT2D eigenvalue weighted by atomic mass is 16.2. The molecule has 0 radical (unpaired) electrons. The van der Waals surface area contributed by atoms with Crippen molar-refractivity contribution in [3.63, 3.8) is 0 Å². The van der Waals surface area contributed by atoms with E-state index in [0.717, 1.165) is 36.3 Å². The summed E-state index contributed by atoms with van der Waals surface area (Å²) in [5, 5.41) is 0. The predicted octanol–water partition coefficient (Wildman–Crippen LogP) is 2.45. The fraction of sp³-hybridized carbons (Fsp3) is 0.500. The van der Waals surface area contributed by atoms with Crippen LogP contribution in [0.1, 0.15) is 35.7 Å². The molecule has 1 aliphatic heterocycles. The molecule has 17 heavy (non-hydrogen) atoms. The summed E-state index contributed by atoms with van der Waals surface area (Å²) in [5.74, 6) is 0.752. The molecule has 1 amide bonds. The van der Waals surface area contributed by atoms with Crippen molar-refractivity contribution in [2.75, 3.05) is 18.8 Å². The number of aryl methyl sites for hydroxylation is 1. The first kappa shape index (κ1) is 12.0. The summed E-state index contributed by atoms with van der Waals surface area (Å²) in [7, 11) is 0. The molecule has 0 unspecified atom stereocenters. The Morgan fingerprint density at radius 3 is 2.88 bits per heavy atom. The first-order valence-corrected chi connectivity index (χ1v) is 6.23. The van der Waals surface area contributed by atoms with Gasteiger partial charge in [-0.15, -0.1) is 0 Å². The maximum atomic E-state index is 12.3. The number of carbonyl (C=O) groups excluding carboxylic acids is 1. The molecule has 0 saturated carbocycles. The Morgan fingerprint density at radius 2 is 2.24 bits per heavy atom. The number of piperidine rings is 1. The Hall–Kier alpha value is -1.51. The minimum Gasteiger partial charge on any atom is -0.399 e. The SMILES string of the molecule is Cc1cc(C(=O)N2CCC[C@H](C)C2)ccc1N. The predicted molar refractivity (Wildman–Crippen MR) is 69.9 cm³/mol. The summed E-state index contributed by atoms with van der Waals surface area (Å²) < 4.78 is 0. The fourth-order valence-corrected chi connectivity index (χ4v) is 2.37. The minimum absolute atomic E-state index is 0.139. The highest BCUT2D eigenvalue weighted by molar-refractivity contribution is 5.95. The largest absolute Gasteiger partial charge is 0.399 e. The van der Waals surface area contributed by atoms with Gasteiger partial charge in [0.15, 0.2) is 0 Å². The lowest BCUT2D eigenvalue weighted by atomic mass is 9.99. The molecule has 3 nitrogen and oxygen atoms in total. The zero-order chi connectivity index (χ0) is 12.4. The topological polar surface area (TPSA) is 46.3 Å². The molecule has 0 spiro atoms. The van der Waals surface area contributed by atoms with Crippen LogP contribution in [0.5, 0.6) is 0 Å². The number of benzene rings is 1. The molecule has 2 N–H and O–H groups in total. The molecular weight excluding hydrogens is 212 g/mol. The number of hydrogen-bond donors (Lipinski definition) is 1. The Balaban J connectivity index is 2.15. The van der Waals surface area contributed by atoms with E-state index in [2.05, 4.69) is 6.92 Å². The molecular formula is C14H20N2O. The highest BCUT2D eigenvalue weighted by Gasteiger charge is 2.22. The number of nitrogens with two attached hydrogens (primary N) is 1. The minimum atomic E-state index is 0.139. The lowest BCUT2D eigenvalue weighted by molar-refractivity contribution is 0.0683. The molecule has 1 aliphatic rings. The molecule has 1 saturated heterocycles. The Bertz CT molecular complexity index is 428. The van der Waals surface area contributed by atoms with E-state index in [1.807, 2.05) is 30.0 Å². The van der Waals surface area contributed by atoms with Gasteiger partial charge in [0, 0.05) is 24.3 Å². The van der Waals surface area contributed by atoms with E-state index < -0.39 is 0 Å². The van der Waals surface area contributed by atoms with Crippen LogP contribution in [0.4, 0.5) is 5.69 Å². The second-order valence-corrected chi connectivity index (χ2v) is 5.07. The van der Waals surface area contributed by atoms with Gasteiger partial charge in [0.2, 0.25) is 0 Å². The van der Waals surface area contributed by atoms with Gasteiger partial charge in [-0.1, -0.05) is 6.92 Å². The van der Waals surface area contributed by atoms with E-state index >= 15 is 0 Å². The average molecular weight is 232 g/mol. The van der Waals surface area contributed by atoms with Gasteiger partial charge in [-0.25, -0.2) is 0 Å². The number of likely N-dealkylation sites (tertiary alicyclic amines) is 1. The zero-order valence-electron chi connectivity index (χ0n) is 10.6. The third-order valence-electron chi connectivity index (χ3n) is 3.46. The number of anilines is 1. The van der Waals surface area contributed by atoms with E-state index in [1.165, 1.54) is 6.42 Å². The summed E-state index contributed by atoms with van der Waals surface area (Å²) in [6.45, 7) is 5.90. The molecule has 1 heterocycles. The molecule has 3 heteroatoms. The van der Waals surface area contributed by atoms with E-state index in [1.54, 1.807) is 0 Å². The van der Waals surface area contributed by atoms with Crippen LogP contribution < -0.4 is 5.73 Å². The number of nitrogens with zero attached hydrogens (tertiary/aromatic N) is 1. The van der Waals surface area contributed by atoms with Crippen LogP contribution in [-0.4, -0.2) is 23.9 Å². The van der Waals surface area contributed by atoms with Crippen molar-refractivity contribution in [3.8, 4) is 0 Å². The number of amides is 1. The van der Waals surface area contributed by atoms with Crippen molar-refractivity contribution in [1.29, 1.82) is 0 Å². The van der Waals surface area contributed by atoms with Crippen LogP contribution >= 0.6 is 0 Å². The Kier molecular flexibility index (Phi) is 3.36. The Labute approximate surface area is 103 Å². The average Bonchev–Trinajstić information content (AvgIpc) is 2.32. The first-order valence-electron chi connectivity index (χ1n) is 6.23. The third kappa shape index (κ3) is 2.60. The van der Waals surface area contributed by atoms with Crippen molar-refractivity contribution in [2.24, 2.45) is 5.92 Å². The van der Waals surface area contributed by atoms with E-state index in [0.29, 0.717) is 5.92 Å². The molecule has 92 valence electrons. The maximum Gasteiger partial charge on any atom is 0.253 e. The fourth-order valence-electron chi connectivity index (χ4n) is 2.37. The smallest absolute Gasteiger partial charge is 0.253 e. The molecule has 1 atom stereocenters. The van der Waals surface area contributed by atoms with Crippen LogP contribution in [0.3, 0.4) is 0 Å². The Morgan fingerprint density at radius 1 is 1.47 bits per heavy atom. The van der Waals surface area contributed by atoms with Crippen molar-refractivity contribution in [3.05, 3.63) is 29.3 Å². The van der Waals surface area contributed by atoms with Crippen LogP contribution in [0.15, 0.2) is 18.2 Å². The molecule has 0 aromatic heterocycles. The van der Waals surface area contributed by atoms with Gasteiger partial charge >= 0.3 is 0 Å². The van der Waals surface area contributed by atoms with Gasteiger partial charge in [0.25, 0.3) is 5.91 Å². The second-order valence-electron chi connectivity index (χ2n) is 5.07. The van der Waals surface area contributed by atoms with Crippen LogP contribution in [0.2, 0.25) is 0 Å². The van der Waals surface area contributed by atoms with E-state index in [4.69, 9.17) is 5.73 Å². The van der Waals surface area contributed by atoms with Crippen molar-refractivity contribution in [2.45, 2.75) is 26.7 Å². The van der Waals surface area contributed by atoms with Crippen molar-refractivity contribution in [1.82, 2.24) is 4.90 Å². The quantitative estimate of drug-likeness (QED) is 0.756. The summed E-state index contributed by atoms with van der Waals surface area (Å²) in [5.41, 5.74) is 8.24. The monoisotopic (exact) mass is 232 g/mol. The molecule has 1 aromatic rings. The normalized spacial score (nSPS) is 20.4. The molecule has 1 aromatic carbocycles. The van der Waals surface area contributed by atoms with Gasteiger partial charge in [-0.3, -0.25) is 4.79 Å². The van der Waals surface area contributed by atoms with Gasteiger partial charge in [-0.05, 0) is 49.4 Å². The lowest BCUT2D eigenvalue weighted by Crippen LogP contribution is -2.39. The number of nitrogen functional groups attached to an aromatic ring is 1. The molecule has 0 aliphatic carbocycles. The maximum absolute atomic E-state index is 12.3. The molecule has 2 rings (SSSR count). The van der Waals surface area contributed by atoms with Gasteiger partial charge < -0.3 is 10.6 Å². The summed E-state index contributed by atoms with van der Waals surface area (Å²) in [4.78, 5) is 14.3. The molecule has 0 bridgehead atoms. The van der Waals surface area contributed by atoms with E-state index in [9.17, 15) is 4.79 Å². The van der Waals surface area contributed by atoms with E-state index in [-0.39, 0.29) is 5.91 Å². The standard InChI is InChI=1S/C14H20N2O/c1-10-4-3-7-16(9-10)14(17)12-5-6-13(15)11(2)8-12/h5-6,8,10H,3-4,7,9,15H2,1-2H3/t10-/m0/s1. The highest BCUT2D eigenvalue weighted by Crippen LogP contribution is 2.19. The van der Waals surface area contributed by atoms with Crippen LogP contribution in [0, 0.1) is 12.8 Å².